The highest BCUT2D eigenvalue weighted by atomic mass is 32.2. The zero-order chi connectivity index (χ0) is 18.4. The van der Waals surface area contributed by atoms with Crippen molar-refractivity contribution in [3.8, 4) is 0 Å². The van der Waals surface area contributed by atoms with Crippen LogP contribution in [0.3, 0.4) is 0 Å². The first-order valence-corrected chi connectivity index (χ1v) is 9.90. The van der Waals surface area contributed by atoms with Gasteiger partial charge in [-0.3, -0.25) is 4.79 Å². The lowest BCUT2D eigenvalue weighted by atomic mass is 10.0. The Bertz CT molecular complexity index is 811. The van der Waals surface area contributed by atoms with Crippen LogP contribution in [0.25, 0.3) is 0 Å². The SMILES string of the molecule is CC(C)Cc1ccc(CC(=O)Nc2ccc(CS(N)(=O)=O)cc2)cc1. The van der Waals surface area contributed by atoms with Gasteiger partial charge in [-0.05, 0) is 41.2 Å². The van der Waals surface area contributed by atoms with Crippen LogP contribution in [0.4, 0.5) is 5.69 Å². The highest BCUT2D eigenvalue weighted by Gasteiger charge is 2.07. The van der Waals surface area contributed by atoms with E-state index in [0.717, 1.165) is 12.0 Å². The van der Waals surface area contributed by atoms with Gasteiger partial charge in [-0.2, -0.15) is 0 Å². The Morgan fingerprint density at radius 3 is 2.00 bits per heavy atom. The second-order valence-corrected chi connectivity index (χ2v) is 8.26. The van der Waals surface area contributed by atoms with Gasteiger partial charge in [0.25, 0.3) is 0 Å². The van der Waals surface area contributed by atoms with Gasteiger partial charge < -0.3 is 5.32 Å². The Kier molecular flexibility index (Phi) is 6.33. The molecule has 3 N–H and O–H groups in total. The van der Waals surface area contributed by atoms with Gasteiger partial charge in [0.1, 0.15) is 0 Å². The Morgan fingerprint density at radius 2 is 1.48 bits per heavy atom. The van der Waals surface area contributed by atoms with Crippen molar-refractivity contribution in [1.29, 1.82) is 0 Å². The fourth-order valence-corrected chi connectivity index (χ4v) is 3.23. The summed E-state index contributed by atoms with van der Waals surface area (Å²) >= 11 is 0. The molecule has 1 amide bonds. The van der Waals surface area contributed by atoms with Gasteiger partial charge in [-0.1, -0.05) is 50.2 Å². The summed E-state index contributed by atoms with van der Waals surface area (Å²) in [5.41, 5.74) is 3.43. The molecule has 0 saturated heterocycles. The maximum atomic E-state index is 12.1. The van der Waals surface area contributed by atoms with E-state index >= 15 is 0 Å². The number of rotatable bonds is 7. The van der Waals surface area contributed by atoms with Gasteiger partial charge in [-0.25, -0.2) is 13.6 Å². The first-order chi connectivity index (χ1) is 11.7. The van der Waals surface area contributed by atoms with Crippen molar-refractivity contribution in [2.75, 3.05) is 5.32 Å². The summed E-state index contributed by atoms with van der Waals surface area (Å²) in [5, 5.41) is 7.82. The van der Waals surface area contributed by atoms with Crippen LogP contribution in [0.2, 0.25) is 0 Å². The van der Waals surface area contributed by atoms with Crippen LogP contribution in [-0.2, 0) is 33.4 Å². The second-order valence-electron chi connectivity index (χ2n) is 6.64. The molecule has 0 fully saturated rings. The van der Waals surface area contributed by atoms with Crippen LogP contribution >= 0.6 is 0 Å². The minimum Gasteiger partial charge on any atom is -0.326 e. The summed E-state index contributed by atoms with van der Waals surface area (Å²) in [4.78, 5) is 12.1. The van der Waals surface area contributed by atoms with Gasteiger partial charge in [0.15, 0.2) is 0 Å². The van der Waals surface area contributed by atoms with Crippen molar-refractivity contribution in [1.82, 2.24) is 0 Å². The monoisotopic (exact) mass is 360 g/mol. The van der Waals surface area contributed by atoms with Gasteiger partial charge in [0.2, 0.25) is 15.9 Å². The number of anilines is 1. The van der Waals surface area contributed by atoms with Crippen molar-refractivity contribution in [3.05, 3.63) is 65.2 Å². The average molecular weight is 360 g/mol. The Morgan fingerprint density at radius 1 is 0.960 bits per heavy atom. The normalized spacial score (nSPS) is 11.5. The first kappa shape index (κ1) is 19.1. The van der Waals surface area contributed by atoms with Crippen LogP contribution in [0.5, 0.6) is 0 Å². The summed E-state index contributed by atoms with van der Waals surface area (Å²) in [6.07, 6.45) is 1.32. The Hall–Kier alpha value is -2.18. The lowest BCUT2D eigenvalue weighted by Gasteiger charge is -2.08. The molecule has 6 heteroatoms. The molecule has 0 aromatic heterocycles. The summed E-state index contributed by atoms with van der Waals surface area (Å²) in [7, 11) is -3.55. The molecule has 0 unspecified atom stereocenters. The molecular weight excluding hydrogens is 336 g/mol. The van der Waals surface area contributed by atoms with E-state index < -0.39 is 10.0 Å². The molecule has 0 aliphatic heterocycles. The lowest BCUT2D eigenvalue weighted by Crippen LogP contribution is -2.15. The van der Waals surface area contributed by atoms with E-state index in [-0.39, 0.29) is 11.7 Å². The van der Waals surface area contributed by atoms with E-state index in [2.05, 4.69) is 31.3 Å². The Balaban J connectivity index is 1.91. The van der Waals surface area contributed by atoms with Crippen molar-refractivity contribution < 1.29 is 13.2 Å². The molecule has 25 heavy (non-hydrogen) atoms. The summed E-state index contributed by atoms with van der Waals surface area (Å²) in [6, 6.07) is 14.7. The Labute approximate surface area is 149 Å². The maximum Gasteiger partial charge on any atom is 0.228 e. The molecule has 0 bridgehead atoms. The number of amides is 1. The predicted octanol–water partition coefficient (Wildman–Crippen LogP) is 2.85. The van der Waals surface area contributed by atoms with E-state index in [1.165, 1.54) is 5.56 Å². The third kappa shape index (κ3) is 7.07. The molecule has 2 aromatic rings. The van der Waals surface area contributed by atoms with Crippen molar-refractivity contribution >= 4 is 21.6 Å². The topological polar surface area (TPSA) is 89.3 Å². The molecule has 2 rings (SSSR count). The number of carbonyl (C=O) groups excluding carboxylic acids is 1. The highest BCUT2D eigenvalue weighted by Crippen LogP contribution is 2.13. The molecule has 0 heterocycles. The highest BCUT2D eigenvalue weighted by molar-refractivity contribution is 7.88. The van der Waals surface area contributed by atoms with E-state index in [1.807, 2.05) is 12.1 Å². The predicted molar refractivity (Wildman–Crippen MR) is 101 cm³/mol. The van der Waals surface area contributed by atoms with Gasteiger partial charge >= 0.3 is 0 Å². The molecule has 0 spiro atoms. The largest absolute Gasteiger partial charge is 0.326 e. The zero-order valence-electron chi connectivity index (χ0n) is 14.5. The van der Waals surface area contributed by atoms with Crippen LogP contribution in [0, 0.1) is 5.92 Å². The van der Waals surface area contributed by atoms with Crippen molar-refractivity contribution in [2.24, 2.45) is 11.1 Å². The number of benzene rings is 2. The van der Waals surface area contributed by atoms with Crippen LogP contribution in [-0.4, -0.2) is 14.3 Å². The smallest absolute Gasteiger partial charge is 0.228 e. The molecule has 2 aromatic carbocycles. The average Bonchev–Trinajstić information content (AvgIpc) is 2.49. The van der Waals surface area contributed by atoms with Crippen molar-refractivity contribution in [2.45, 2.75) is 32.4 Å². The summed E-state index contributed by atoms with van der Waals surface area (Å²) in [5.74, 6) is 0.270. The first-order valence-electron chi connectivity index (χ1n) is 8.18. The minimum absolute atomic E-state index is 0.115. The van der Waals surface area contributed by atoms with E-state index in [0.29, 0.717) is 23.6 Å². The van der Waals surface area contributed by atoms with Crippen molar-refractivity contribution in [3.63, 3.8) is 0 Å². The number of primary sulfonamides is 1. The number of carbonyl (C=O) groups is 1. The second kappa shape index (κ2) is 8.27. The number of hydrogen-bond acceptors (Lipinski definition) is 3. The molecule has 0 aliphatic carbocycles. The zero-order valence-corrected chi connectivity index (χ0v) is 15.3. The molecule has 0 atom stereocenters. The molecular formula is C19H24N2O3S. The van der Waals surface area contributed by atoms with Gasteiger partial charge in [-0.15, -0.1) is 0 Å². The maximum absolute atomic E-state index is 12.1. The summed E-state index contributed by atoms with van der Waals surface area (Å²) < 4.78 is 22.1. The van der Waals surface area contributed by atoms with E-state index in [4.69, 9.17) is 5.14 Å². The van der Waals surface area contributed by atoms with Gasteiger partial charge in [0.05, 0.1) is 12.2 Å². The fourth-order valence-electron chi connectivity index (χ4n) is 2.57. The quantitative estimate of drug-likeness (QED) is 0.795. The third-order valence-electron chi connectivity index (χ3n) is 3.64. The molecule has 5 nitrogen and oxygen atoms in total. The number of nitrogens with one attached hydrogen (secondary N) is 1. The number of sulfonamides is 1. The minimum atomic E-state index is -3.55. The molecule has 0 aliphatic rings. The molecule has 0 saturated carbocycles. The van der Waals surface area contributed by atoms with E-state index in [9.17, 15) is 13.2 Å². The van der Waals surface area contributed by atoms with Crippen LogP contribution in [0.1, 0.15) is 30.5 Å². The fraction of sp³-hybridized carbons (Fsp3) is 0.316. The molecule has 134 valence electrons. The standard InChI is InChI=1S/C19H24N2O3S/c1-14(2)11-15-3-5-16(6-4-15)12-19(22)21-18-9-7-17(8-10-18)13-25(20,23)24/h3-10,14H,11-13H2,1-2H3,(H,21,22)(H2,20,23,24). The van der Waals surface area contributed by atoms with Gasteiger partial charge in [0, 0.05) is 5.69 Å². The lowest BCUT2D eigenvalue weighted by molar-refractivity contribution is -0.115. The van der Waals surface area contributed by atoms with Crippen LogP contribution < -0.4 is 10.5 Å². The number of nitrogens with two attached hydrogens (primary N) is 1. The number of hydrogen-bond donors (Lipinski definition) is 2. The third-order valence-corrected chi connectivity index (χ3v) is 4.37. The van der Waals surface area contributed by atoms with E-state index in [1.54, 1.807) is 24.3 Å². The molecule has 0 radical (unpaired) electrons. The summed E-state index contributed by atoms with van der Waals surface area (Å²) in [6.45, 7) is 4.35. The van der Waals surface area contributed by atoms with Crippen LogP contribution in [0.15, 0.2) is 48.5 Å².